The summed E-state index contributed by atoms with van der Waals surface area (Å²) in [7, 11) is -3.79. The first-order valence-corrected chi connectivity index (χ1v) is 10.2. The lowest BCUT2D eigenvalue weighted by Crippen LogP contribution is -2.51. The average molecular weight is 472 g/mol. The molecule has 2 amide bonds. The molecule has 0 heterocycles. The molecule has 0 saturated carbocycles. The number of carbonyl (C=O) groups excluding carboxylic acids is 2. The summed E-state index contributed by atoms with van der Waals surface area (Å²) < 4.78 is 27.9. The highest BCUT2D eigenvalue weighted by molar-refractivity contribution is 9.10. The van der Waals surface area contributed by atoms with Crippen molar-refractivity contribution in [3.8, 4) is 0 Å². The first-order valence-electron chi connectivity index (χ1n) is 7.95. The highest BCUT2D eigenvalue weighted by atomic mass is 79.9. The van der Waals surface area contributed by atoms with Gasteiger partial charge in [-0.1, -0.05) is 15.9 Å². The number of aliphatic hydroxyl groups is 1. The Labute approximate surface area is 169 Å². The van der Waals surface area contributed by atoms with Crippen LogP contribution in [0.2, 0.25) is 0 Å². The smallest absolute Gasteiger partial charge is 0.268 e. The van der Waals surface area contributed by atoms with Crippen molar-refractivity contribution < 1.29 is 28.3 Å². The van der Waals surface area contributed by atoms with E-state index in [2.05, 4.69) is 26.0 Å². The van der Waals surface area contributed by atoms with E-state index in [0.717, 1.165) is 4.47 Å². The molecule has 2 rings (SSSR count). The Morgan fingerprint density at radius 3 is 2.11 bits per heavy atom. The predicted octanol–water partition coefficient (Wildman–Crippen LogP) is 1.23. The van der Waals surface area contributed by atoms with E-state index in [0.29, 0.717) is 0 Å². The molecular weight excluding hydrogens is 454 g/mol. The third-order valence-electron chi connectivity index (χ3n) is 3.68. The van der Waals surface area contributed by atoms with Gasteiger partial charge in [-0.05, 0) is 55.5 Å². The van der Waals surface area contributed by atoms with Crippen LogP contribution in [-0.2, 0) is 14.8 Å². The molecule has 9 nitrogen and oxygen atoms in total. The van der Waals surface area contributed by atoms with Gasteiger partial charge in [0.25, 0.3) is 21.8 Å². The predicted molar refractivity (Wildman–Crippen MR) is 104 cm³/mol. The van der Waals surface area contributed by atoms with Crippen molar-refractivity contribution in [1.82, 2.24) is 10.8 Å². The van der Waals surface area contributed by atoms with Crippen molar-refractivity contribution in [1.29, 1.82) is 0 Å². The first-order chi connectivity index (χ1) is 13.1. The number of carbonyl (C=O) groups is 2. The van der Waals surface area contributed by atoms with E-state index in [9.17, 15) is 23.1 Å². The largest absolute Gasteiger partial charge is 0.391 e. The van der Waals surface area contributed by atoms with E-state index in [1.54, 1.807) is 12.1 Å². The van der Waals surface area contributed by atoms with Crippen LogP contribution in [0.5, 0.6) is 0 Å². The van der Waals surface area contributed by atoms with Crippen LogP contribution in [-0.4, -0.2) is 42.7 Å². The number of hydrogen-bond donors (Lipinski definition) is 5. The van der Waals surface area contributed by atoms with Gasteiger partial charge in [0.2, 0.25) is 0 Å². The van der Waals surface area contributed by atoms with E-state index >= 15 is 0 Å². The molecule has 2 unspecified atom stereocenters. The maximum atomic E-state index is 12.4. The number of amides is 2. The molecule has 0 fully saturated rings. The minimum absolute atomic E-state index is 0.0762. The number of benzene rings is 2. The minimum atomic E-state index is -3.79. The Balaban J connectivity index is 2.11. The summed E-state index contributed by atoms with van der Waals surface area (Å²) in [5.41, 5.74) is 1.73. The zero-order chi connectivity index (χ0) is 20.9. The second-order valence-corrected chi connectivity index (χ2v) is 8.40. The summed E-state index contributed by atoms with van der Waals surface area (Å²) in [6.07, 6.45) is -1.24. The molecule has 2 aromatic rings. The average Bonchev–Trinajstić information content (AvgIpc) is 2.65. The van der Waals surface area contributed by atoms with Gasteiger partial charge in [-0.3, -0.25) is 19.5 Å². The second kappa shape index (κ2) is 9.15. The Morgan fingerprint density at radius 1 is 1.04 bits per heavy atom. The van der Waals surface area contributed by atoms with Crippen LogP contribution in [0, 0.1) is 0 Å². The standard InChI is InChI=1S/C17H18BrN3O6S/c1-10(22)15(17(24)20-25)19-16(23)11-2-6-13(7-3-11)21-28(26,27)14-8-4-12(18)5-9-14/h2-10,15,21-22,25H,1H3,(H,19,23)(H,20,24). The van der Waals surface area contributed by atoms with Gasteiger partial charge in [0.05, 0.1) is 11.0 Å². The molecule has 0 radical (unpaired) electrons. The first kappa shape index (κ1) is 21.8. The third kappa shape index (κ3) is 5.52. The summed E-state index contributed by atoms with van der Waals surface area (Å²) in [6, 6.07) is 10.2. The molecule has 2 atom stereocenters. The summed E-state index contributed by atoms with van der Waals surface area (Å²) in [6.45, 7) is 1.28. The van der Waals surface area contributed by atoms with Crippen LogP contribution < -0.4 is 15.5 Å². The molecule has 0 aliphatic heterocycles. The van der Waals surface area contributed by atoms with Crippen molar-refractivity contribution >= 4 is 43.5 Å². The maximum absolute atomic E-state index is 12.4. The van der Waals surface area contributed by atoms with Crippen LogP contribution in [0.15, 0.2) is 57.9 Å². The molecule has 0 spiro atoms. The van der Waals surface area contributed by atoms with E-state index in [1.165, 1.54) is 48.8 Å². The van der Waals surface area contributed by atoms with E-state index in [-0.39, 0.29) is 16.1 Å². The zero-order valence-corrected chi connectivity index (χ0v) is 17.0. The van der Waals surface area contributed by atoms with Crippen LogP contribution in [0.3, 0.4) is 0 Å². The molecule has 11 heteroatoms. The quantitative estimate of drug-likeness (QED) is 0.303. The fourth-order valence-corrected chi connectivity index (χ4v) is 3.54. The summed E-state index contributed by atoms with van der Waals surface area (Å²) in [4.78, 5) is 23.8. The van der Waals surface area contributed by atoms with Gasteiger partial charge < -0.3 is 10.4 Å². The van der Waals surface area contributed by atoms with Gasteiger partial charge >= 0.3 is 0 Å². The molecule has 150 valence electrons. The Kier molecular flexibility index (Phi) is 7.13. The number of sulfonamides is 1. The van der Waals surface area contributed by atoms with Crippen LogP contribution in [0.25, 0.3) is 0 Å². The molecule has 0 saturated heterocycles. The number of hydroxylamine groups is 1. The number of rotatable bonds is 7. The number of anilines is 1. The van der Waals surface area contributed by atoms with E-state index in [1.807, 2.05) is 0 Å². The summed E-state index contributed by atoms with van der Waals surface area (Å²) in [5, 5.41) is 20.5. The van der Waals surface area contributed by atoms with Crippen LogP contribution >= 0.6 is 15.9 Å². The summed E-state index contributed by atoms with van der Waals surface area (Å²) >= 11 is 3.23. The lowest BCUT2D eigenvalue weighted by Gasteiger charge is -2.19. The second-order valence-electron chi connectivity index (χ2n) is 5.80. The third-order valence-corrected chi connectivity index (χ3v) is 5.61. The van der Waals surface area contributed by atoms with Gasteiger partial charge in [0.15, 0.2) is 0 Å². The number of hydrogen-bond acceptors (Lipinski definition) is 6. The Hall–Kier alpha value is -2.47. The maximum Gasteiger partial charge on any atom is 0.268 e. The monoisotopic (exact) mass is 471 g/mol. The van der Waals surface area contributed by atoms with Crippen molar-refractivity contribution in [2.24, 2.45) is 0 Å². The molecule has 28 heavy (non-hydrogen) atoms. The molecule has 5 N–H and O–H groups in total. The Morgan fingerprint density at radius 2 is 1.61 bits per heavy atom. The van der Waals surface area contributed by atoms with Gasteiger partial charge in [-0.15, -0.1) is 0 Å². The lowest BCUT2D eigenvalue weighted by atomic mass is 10.1. The van der Waals surface area contributed by atoms with E-state index in [4.69, 9.17) is 5.21 Å². The number of nitrogens with one attached hydrogen (secondary N) is 3. The zero-order valence-electron chi connectivity index (χ0n) is 14.6. The van der Waals surface area contributed by atoms with Crippen molar-refractivity contribution in [2.75, 3.05) is 4.72 Å². The highest BCUT2D eigenvalue weighted by Gasteiger charge is 2.25. The van der Waals surface area contributed by atoms with E-state index < -0.39 is 34.0 Å². The van der Waals surface area contributed by atoms with Crippen molar-refractivity contribution in [2.45, 2.75) is 24.0 Å². The van der Waals surface area contributed by atoms with Crippen LogP contribution in [0.1, 0.15) is 17.3 Å². The molecular formula is C17H18BrN3O6S. The molecule has 0 aromatic heterocycles. The van der Waals surface area contributed by atoms with Crippen molar-refractivity contribution in [3.05, 3.63) is 58.6 Å². The minimum Gasteiger partial charge on any atom is -0.391 e. The molecule has 0 bridgehead atoms. The molecule has 0 aliphatic rings. The molecule has 0 aliphatic carbocycles. The lowest BCUT2D eigenvalue weighted by molar-refractivity contribution is -0.133. The fourth-order valence-electron chi connectivity index (χ4n) is 2.22. The number of aliphatic hydroxyl groups excluding tert-OH is 1. The van der Waals surface area contributed by atoms with Crippen molar-refractivity contribution in [3.63, 3.8) is 0 Å². The van der Waals surface area contributed by atoms with Crippen LogP contribution in [0.4, 0.5) is 5.69 Å². The van der Waals surface area contributed by atoms with Gasteiger partial charge in [-0.2, -0.15) is 0 Å². The highest BCUT2D eigenvalue weighted by Crippen LogP contribution is 2.19. The summed E-state index contributed by atoms with van der Waals surface area (Å²) in [5.74, 6) is -1.65. The van der Waals surface area contributed by atoms with Gasteiger partial charge in [-0.25, -0.2) is 13.9 Å². The SMILES string of the molecule is CC(O)C(NC(=O)c1ccc(NS(=O)(=O)c2ccc(Br)cc2)cc1)C(=O)NO. The van der Waals surface area contributed by atoms with Gasteiger partial charge in [0, 0.05) is 15.7 Å². The van der Waals surface area contributed by atoms with Gasteiger partial charge in [0.1, 0.15) is 6.04 Å². The Bertz CT molecular complexity index is 946. The normalized spacial score (nSPS) is 13.3. The number of halogens is 1. The fraction of sp³-hybridized carbons (Fsp3) is 0.176. The topological polar surface area (TPSA) is 145 Å². The molecule has 2 aromatic carbocycles.